The van der Waals surface area contributed by atoms with Crippen molar-refractivity contribution in [3.63, 3.8) is 0 Å². The molecule has 2 fully saturated rings. The molecule has 0 radical (unpaired) electrons. The summed E-state index contributed by atoms with van der Waals surface area (Å²) in [6.07, 6.45) is 8.28. The molecular weight excluding hydrogens is 400 g/mol. The maximum absolute atomic E-state index is 4.80. The van der Waals surface area contributed by atoms with E-state index in [2.05, 4.69) is 54.8 Å². The van der Waals surface area contributed by atoms with Crippen LogP contribution in [0.25, 0.3) is 16.7 Å². The fourth-order valence-electron chi connectivity index (χ4n) is 5.02. The number of hydrogen-bond donors (Lipinski definition) is 2. The fraction of sp³-hybridized carbons (Fsp3) is 0.417. The van der Waals surface area contributed by atoms with Crippen molar-refractivity contribution in [1.82, 2.24) is 29.7 Å². The summed E-state index contributed by atoms with van der Waals surface area (Å²) in [5.74, 6) is 1.63. The molecule has 6 heterocycles. The van der Waals surface area contributed by atoms with E-state index >= 15 is 0 Å². The Morgan fingerprint density at radius 3 is 2.56 bits per heavy atom. The lowest BCUT2D eigenvalue weighted by Gasteiger charge is -2.53. The Hall–Kier alpha value is -3.26. The van der Waals surface area contributed by atoms with Crippen molar-refractivity contribution < 1.29 is 0 Å². The van der Waals surface area contributed by atoms with Gasteiger partial charge < -0.3 is 15.5 Å². The predicted molar refractivity (Wildman–Crippen MR) is 127 cm³/mol. The third-order valence-electron chi connectivity index (χ3n) is 6.90. The molecule has 8 heteroatoms. The SMILES string of the molecule is CC(C)c1cnc2ccc3cnc(Nc4ccc(N5CC6(CCNCC6)C5)cn4)nc3n12. The summed E-state index contributed by atoms with van der Waals surface area (Å²) in [5.41, 5.74) is 4.58. The highest BCUT2D eigenvalue weighted by Crippen LogP contribution is 2.41. The number of nitrogens with zero attached hydrogens (tertiary/aromatic N) is 6. The zero-order valence-corrected chi connectivity index (χ0v) is 18.5. The standard InChI is InChI=1S/C24H28N8/c1-16(2)19-13-27-21-6-3-17-11-28-23(30-22(17)32(19)21)29-20-5-4-18(12-26-20)31-14-24(15-31)7-9-25-10-8-24/h3-6,11-13,16,25H,7-10,14-15H2,1-2H3,(H,26,28,29,30). The van der Waals surface area contributed by atoms with Crippen LogP contribution in [0.5, 0.6) is 0 Å². The number of pyridine rings is 2. The maximum Gasteiger partial charge on any atom is 0.230 e. The van der Waals surface area contributed by atoms with Crippen molar-refractivity contribution in [2.45, 2.75) is 32.6 Å². The molecule has 0 aliphatic carbocycles. The number of anilines is 3. The molecule has 2 N–H and O–H groups in total. The quantitative estimate of drug-likeness (QED) is 0.512. The van der Waals surface area contributed by atoms with Gasteiger partial charge in [0, 0.05) is 42.0 Å². The fourth-order valence-corrected chi connectivity index (χ4v) is 5.02. The molecule has 0 atom stereocenters. The van der Waals surface area contributed by atoms with Crippen LogP contribution in [0.15, 0.2) is 42.9 Å². The second-order valence-electron chi connectivity index (χ2n) is 9.47. The molecule has 0 saturated carbocycles. The van der Waals surface area contributed by atoms with Crippen molar-refractivity contribution in [2.75, 3.05) is 36.4 Å². The van der Waals surface area contributed by atoms with Crippen LogP contribution in [-0.2, 0) is 0 Å². The average Bonchev–Trinajstić information content (AvgIpc) is 3.24. The zero-order chi connectivity index (χ0) is 21.7. The van der Waals surface area contributed by atoms with E-state index in [4.69, 9.17) is 4.98 Å². The third kappa shape index (κ3) is 3.26. The summed E-state index contributed by atoms with van der Waals surface area (Å²) >= 11 is 0. The summed E-state index contributed by atoms with van der Waals surface area (Å²) < 4.78 is 2.11. The first kappa shape index (κ1) is 19.4. The molecule has 32 heavy (non-hydrogen) atoms. The Bertz CT molecular complexity index is 1260. The number of nitrogens with one attached hydrogen (secondary N) is 2. The summed E-state index contributed by atoms with van der Waals surface area (Å²) in [7, 11) is 0. The Balaban J connectivity index is 1.23. The van der Waals surface area contributed by atoms with Gasteiger partial charge in [-0.25, -0.2) is 15.0 Å². The number of imidazole rings is 1. The van der Waals surface area contributed by atoms with Gasteiger partial charge in [0.2, 0.25) is 5.95 Å². The van der Waals surface area contributed by atoms with Crippen molar-refractivity contribution in [2.24, 2.45) is 5.41 Å². The molecule has 2 aliphatic rings. The van der Waals surface area contributed by atoms with Gasteiger partial charge in [0.25, 0.3) is 0 Å². The zero-order valence-electron chi connectivity index (χ0n) is 18.5. The van der Waals surface area contributed by atoms with Crippen molar-refractivity contribution in [3.8, 4) is 0 Å². The lowest BCUT2D eigenvalue weighted by molar-refractivity contribution is 0.150. The van der Waals surface area contributed by atoms with E-state index < -0.39 is 0 Å². The molecule has 0 unspecified atom stereocenters. The van der Waals surface area contributed by atoms with E-state index in [1.807, 2.05) is 36.8 Å². The van der Waals surface area contributed by atoms with Gasteiger partial charge in [0.05, 0.1) is 11.9 Å². The first-order chi connectivity index (χ1) is 15.6. The molecule has 1 spiro atoms. The second-order valence-corrected chi connectivity index (χ2v) is 9.47. The molecule has 6 rings (SSSR count). The summed E-state index contributed by atoms with van der Waals surface area (Å²) in [6.45, 7) is 8.89. The van der Waals surface area contributed by atoms with Crippen LogP contribution >= 0.6 is 0 Å². The van der Waals surface area contributed by atoms with E-state index in [-0.39, 0.29) is 0 Å². The van der Waals surface area contributed by atoms with Crippen LogP contribution in [0.1, 0.15) is 38.3 Å². The van der Waals surface area contributed by atoms with Crippen molar-refractivity contribution >= 4 is 34.1 Å². The average molecular weight is 429 g/mol. The van der Waals surface area contributed by atoms with E-state index in [0.29, 0.717) is 17.3 Å². The number of piperidine rings is 1. The van der Waals surface area contributed by atoms with Crippen LogP contribution in [-0.4, -0.2) is 50.5 Å². The topological polar surface area (TPSA) is 83.3 Å². The third-order valence-corrected chi connectivity index (χ3v) is 6.90. The molecule has 4 aromatic heterocycles. The molecule has 0 aromatic carbocycles. The summed E-state index contributed by atoms with van der Waals surface area (Å²) in [5, 5.41) is 7.71. The Kier molecular flexibility index (Phi) is 4.50. The van der Waals surface area contributed by atoms with Crippen LogP contribution in [0, 0.1) is 5.41 Å². The molecule has 2 aliphatic heterocycles. The Morgan fingerprint density at radius 1 is 0.969 bits per heavy atom. The van der Waals surface area contributed by atoms with Gasteiger partial charge in [-0.2, -0.15) is 4.98 Å². The highest BCUT2D eigenvalue weighted by Gasteiger charge is 2.43. The lowest BCUT2D eigenvalue weighted by Crippen LogP contribution is -2.60. The molecule has 8 nitrogen and oxygen atoms in total. The first-order valence-corrected chi connectivity index (χ1v) is 11.4. The minimum absolute atomic E-state index is 0.349. The minimum atomic E-state index is 0.349. The van der Waals surface area contributed by atoms with Gasteiger partial charge in [0.1, 0.15) is 11.5 Å². The van der Waals surface area contributed by atoms with Gasteiger partial charge in [-0.15, -0.1) is 0 Å². The highest BCUT2D eigenvalue weighted by molar-refractivity contribution is 5.79. The van der Waals surface area contributed by atoms with Gasteiger partial charge in [-0.3, -0.25) is 4.40 Å². The van der Waals surface area contributed by atoms with Crippen molar-refractivity contribution in [3.05, 3.63) is 48.5 Å². The van der Waals surface area contributed by atoms with Crippen LogP contribution < -0.4 is 15.5 Å². The molecule has 164 valence electrons. The van der Waals surface area contributed by atoms with Gasteiger partial charge in [-0.05, 0) is 56.1 Å². The summed E-state index contributed by atoms with van der Waals surface area (Å²) in [6, 6.07) is 8.17. The second kappa shape index (κ2) is 7.41. The highest BCUT2D eigenvalue weighted by atomic mass is 15.2. The van der Waals surface area contributed by atoms with Gasteiger partial charge in [-0.1, -0.05) is 13.8 Å². The Labute approximate surface area is 187 Å². The summed E-state index contributed by atoms with van der Waals surface area (Å²) in [4.78, 5) is 20.9. The number of aromatic nitrogens is 5. The molecule has 0 amide bonds. The smallest absolute Gasteiger partial charge is 0.230 e. The van der Waals surface area contributed by atoms with Crippen LogP contribution in [0.2, 0.25) is 0 Å². The maximum atomic E-state index is 4.80. The van der Waals surface area contributed by atoms with Crippen molar-refractivity contribution in [1.29, 1.82) is 0 Å². The first-order valence-electron chi connectivity index (χ1n) is 11.4. The Morgan fingerprint density at radius 2 is 1.81 bits per heavy atom. The van der Waals surface area contributed by atoms with Gasteiger partial charge in [0.15, 0.2) is 5.65 Å². The molecule has 4 aromatic rings. The minimum Gasteiger partial charge on any atom is -0.369 e. The lowest BCUT2D eigenvalue weighted by atomic mass is 9.72. The molecule has 2 saturated heterocycles. The van der Waals surface area contributed by atoms with Crippen LogP contribution in [0.3, 0.4) is 0 Å². The van der Waals surface area contributed by atoms with Gasteiger partial charge >= 0.3 is 0 Å². The molecule has 0 bridgehead atoms. The monoisotopic (exact) mass is 428 g/mol. The molecular formula is C24H28N8. The normalized spacial score (nSPS) is 17.9. The van der Waals surface area contributed by atoms with E-state index in [9.17, 15) is 0 Å². The number of fused-ring (bicyclic) bond motifs is 3. The van der Waals surface area contributed by atoms with E-state index in [1.54, 1.807) is 0 Å². The van der Waals surface area contributed by atoms with E-state index in [0.717, 1.165) is 54.4 Å². The largest absolute Gasteiger partial charge is 0.369 e. The number of rotatable bonds is 4. The van der Waals surface area contributed by atoms with E-state index in [1.165, 1.54) is 18.5 Å². The predicted octanol–water partition coefficient (Wildman–Crippen LogP) is 3.73. The number of hydrogen-bond acceptors (Lipinski definition) is 7. The van der Waals surface area contributed by atoms with Crippen LogP contribution in [0.4, 0.5) is 17.5 Å².